The molecule has 2 aromatic carbocycles. The number of nitrogens with zero attached hydrogens (tertiary/aromatic N) is 1. The molecule has 0 saturated carbocycles. The Kier molecular flexibility index (Phi) is 6.88. The van der Waals surface area contributed by atoms with Crippen LogP contribution in [-0.4, -0.2) is 35.8 Å². The highest BCUT2D eigenvalue weighted by Gasteiger charge is 2.35. The van der Waals surface area contributed by atoms with Gasteiger partial charge in [-0.2, -0.15) is 0 Å². The highest BCUT2D eigenvalue weighted by molar-refractivity contribution is 6.31. The minimum Gasteiger partial charge on any atom is -0.455 e. The van der Waals surface area contributed by atoms with Gasteiger partial charge in [0.2, 0.25) is 5.91 Å². The summed E-state index contributed by atoms with van der Waals surface area (Å²) in [6.07, 6.45) is 0.0747. The van der Waals surface area contributed by atoms with E-state index in [1.807, 2.05) is 55.5 Å². The number of hydrogen-bond donors (Lipinski definition) is 1. The van der Waals surface area contributed by atoms with E-state index in [4.69, 9.17) is 16.3 Å². The third-order valence-corrected chi connectivity index (χ3v) is 5.26. The van der Waals surface area contributed by atoms with Crippen molar-refractivity contribution in [2.24, 2.45) is 5.92 Å². The lowest BCUT2D eigenvalue weighted by molar-refractivity contribution is -0.152. The molecule has 0 spiro atoms. The number of carbonyl (C=O) groups excluding carboxylic acids is 3. The molecule has 1 heterocycles. The Morgan fingerprint density at radius 3 is 2.59 bits per heavy atom. The standard InChI is InChI=1S/C22H23ClN2O4/c1-15(16-7-3-2-4-8-16)24-20(26)14-29-22(28)18-11-21(27)25(13-18)12-17-9-5-6-10-19(17)23/h2-10,15,18H,11-14H2,1H3,(H,24,26)/t15-,18-/m0/s1. The van der Waals surface area contributed by atoms with Gasteiger partial charge in [0.05, 0.1) is 12.0 Å². The fourth-order valence-electron chi connectivity index (χ4n) is 3.28. The van der Waals surface area contributed by atoms with Crippen LogP contribution in [0.3, 0.4) is 0 Å². The monoisotopic (exact) mass is 414 g/mol. The summed E-state index contributed by atoms with van der Waals surface area (Å²) in [6.45, 7) is 2.09. The number of rotatable bonds is 7. The third kappa shape index (κ3) is 5.57. The lowest BCUT2D eigenvalue weighted by atomic mass is 10.1. The number of halogens is 1. The summed E-state index contributed by atoms with van der Waals surface area (Å²) in [7, 11) is 0. The molecule has 2 atom stereocenters. The quantitative estimate of drug-likeness (QED) is 0.706. The second kappa shape index (κ2) is 9.56. The van der Waals surface area contributed by atoms with E-state index in [0.29, 0.717) is 11.6 Å². The van der Waals surface area contributed by atoms with Gasteiger partial charge in [0.15, 0.2) is 6.61 Å². The van der Waals surface area contributed by atoms with E-state index in [2.05, 4.69) is 5.32 Å². The van der Waals surface area contributed by atoms with Crippen molar-refractivity contribution in [3.05, 3.63) is 70.7 Å². The molecule has 0 radical (unpaired) electrons. The van der Waals surface area contributed by atoms with Crippen LogP contribution in [0.25, 0.3) is 0 Å². The molecule has 2 aromatic rings. The molecular weight excluding hydrogens is 392 g/mol. The number of nitrogens with one attached hydrogen (secondary N) is 1. The SMILES string of the molecule is C[C@H](NC(=O)COC(=O)[C@H]1CC(=O)N(Cc2ccccc2Cl)C1)c1ccccc1. The van der Waals surface area contributed by atoms with Crippen molar-refractivity contribution in [1.82, 2.24) is 10.2 Å². The molecule has 152 valence electrons. The maximum atomic E-state index is 12.3. The first-order valence-corrected chi connectivity index (χ1v) is 9.84. The van der Waals surface area contributed by atoms with Crippen molar-refractivity contribution >= 4 is 29.4 Å². The zero-order chi connectivity index (χ0) is 20.8. The van der Waals surface area contributed by atoms with Crippen LogP contribution >= 0.6 is 11.6 Å². The summed E-state index contributed by atoms with van der Waals surface area (Å²) in [4.78, 5) is 38.2. The Balaban J connectivity index is 1.46. The van der Waals surface area contributed by atoms with Crippen molar-refractivity contribution in [2.45, 2.75) is 25.9 Å². The van der Waals surface area contributed by atoms with Crippen molar-refractivity contribution in [1.29, 1.82) is 0 Å². The minimum atomic E-state index is -0.579. The second-order valence-corrected chi connectivity index (χ2v) is 7.48. The van der Waals surface area contributed by atoms with Gasteiger partial charge in [-0.25, -0.2) is 0 Å². The number of carbonyl (C=O) groups is 3. The smallest absolute Gasteiger partial charge is 0.311 e. The molecule has 2 amide bonds. The van der Waals surface area contributed by atoms with Gasteiger partial charge in [-0.05, 0) is 24.1 Å². The summed E-state index contributed by atoms with van der Waals surface area (Å²) in [5, 5.41) is 3.37. The Morgan fingerprint density at radius 2 is 1.86 bits per heavy atom. The van der Waals surface area contributed by atoms with Crippen LogP contribution in [0.5, 0.6) is 0 Å². The summed E-state index contributed by atoms with van der Waals surface area (Å²) >= 11 is 6.15. The van der Waals surface area contributed by atoms with Gasteiger partial charge in [0.1, 0.15) is 0 Å². The van der Waals surface area contributed by atoms with Crippen LogP contribution in [-0.2, 0) is 25.7 Å². The molecule has 6 nitrogen and oxygen atoms in total. The normalized spacial score (nSPS) is 17.1. The summed E-state index contributed by atoms with van der Waals surface area (Å²) in [5.41, 5.74) is 1.79. The van der Waals surface area contributed by atoms with Crippen molar-refractivity contribution in [3.8, 4) is 0 Å². The first-order chi connectivity index (χ1) is 13.9. The number of benzene rings is 2. The lowest BCUT2D eigenvalue weighted by Crippen LogP contribution is -2.32. The first-order valence-electron chi connectivity index (χ1n) is 9.46. The first kappa shape index (κ1) is 20.9. The Labute approximate surface area is 174 Å². The van der Waals surface area contributed by atoms with Crippen molar-refractivity contribution < 1.29 is 19.1 Å². The van der Waals surface area contributed by atoms with E-state index in [9.17, 15) is 14.4 Å². The Hall–Kier alpha value is -2.86. The van der Waals surface area contributed by atoms with Gasteiger partial charge in [-0.15, -0.1) is 0 Å². The molecule has 1 saturated heterocycles. The number of esters is 1. The highest BCUT2D eigenvalue weighted by Crippen LogP contribution is 2.24. The van der Waals surface area contributed by atoms with E-state index in [1.54, 1.807) is 11.0 Å². The molecule has 0 bridgehead atoms. The average molecular weight is 415 g/mol. The zero-order valence-electron chi connectivity index (χ0n) is 16.1. The molecule has 7 heteroatoms. The van der Waals surface area contributed by atoms with Crippen LogP contribution in [0.1, 0.15) is 30.5 Å². The van der Waals surface area contributed by atoms with Gasteiger partial charge >= 0.3 is 5.97 Å². The predicted octanol–water partition coefficient (Wildman–Crippen LogP) is 3.11. The number of likely N-dealkylation sites (tertiary alicyclic amines) is 1. The van der Waals surface area contributed by atoms with E-state index in [-0.39, 0.29) is 37.4 Å². The molecule has 1 aliphatic rings. The summed E-state index contributed by atoms with van der Waals surface area (Å²) in [5.74, 6) is -1.63. The largest absolute Gasteiger partial charge is 0.455 e. The van der Waals surface area contributed by atoms with Crippen LogP contribution in [0, 0.1) is 5.92 Å². The number of ether oxygens (including phenoxy) is 1. The average Bonchev–Trinajstić information content (AvgIpc) is 3.09. The van der Waals surface area contributed by atoms with Crippen LogP contribution < -0.4 is 5.32 Å². The molecular formula is C22H23ClN2O4. The van der Waals surface area contributed by atoms with Crippen LogP contribution in [0.2, 0.25) is 5.02 Å². The van der Waals surface area contributed by atoms with E-state index >= 15 is 0 Å². The number of hydrogen-bond acceptors (Lipinski definition) is 4. The minimum absolute atomic E-state index is 0.0747. The predicted molar refractivity (Wildman–Crippen MR) is 109 cm³/mol. The fourth-order valence-corrected chi connectivity index (χ4v) is 3.47. The summed E-state index contributed by atoms with van der Waals surface area (Å²) in [6, 6.07) is 16.6. The Morgan fingerprint density at radius 1 is 1.17 bits per heavy atom. The van der Waals surface area contributed by atoms with Crippen LogP contribution in [0.4, 0.5) is 0 Å². The van der Waals surface area contributed by atoms with Crippen LogP contribution in [0.15, 0.2) is 54.6 Å². The molecule has 1 aliphatic heterocycles. The van der Waals surface area contributed by atoms with Gasteiger partial charge < -0.3 is 15.0 Å². The number of amides is 2. The van der Waals surface area contributed by atoms with Crippen molar-refractivity contribution in [2.75, 3.05) is 13.2 Å². The van der Waals surface area contributed by atoms with Gasteiger partial charge in [0, 0.05) is 24.5 Å². The lowest BCUT2D eigenvalue weighted by Gasteiger charge is -2.17. The van der Waals surface area contributed by atoms with Crippen molar-refractivity contribution in [3.63, 3.8) is 0 Å². The molecule has 0 unspecified atom stereocenters. The molecule has 29 heavy (non-hydrogen) atoms. The third-order valence-electron chi connectivity index (χ3n) is 4.89. The summed E-state index contributed by atoms with van der Waals surface area (Å²) < 4.78 is 5.14. The maximum Gasteiger partial charge on any atom is 0.311 e. The van der Waals surface area contributed by atoms with Gasteiger partial charge in [0.25, 0.3) is 5.91 Å². The van der Waals surface area contributed by atoms with E-state index in [0.717, 1.165) is 11.1 Å². The van der Waals surface area contributed by atoms with Gasteiger partial charge in [-0.1, -0.05) is 60.1 Å². The highest BCUT2D eigenvalue weighted by atomic mass is 35.5. The fraction of sp³-hybridized carbons (Fsp3) is 0.318. The zero-order valence-corrected chi connectivity index (χ0v) is 16.9. The molecule has 3 rings (SSSR count). The topological polar surface area (TPSA) is 75.7 Å². The van der Waals surface area contributed by atoms with E-state index < -0.39 is 11.9 Å². The maximum absolute atomic E-state index is 12.3. The molecule has 0 aliphatic carbocycles. The second-order valence-electron chi connectivity index (χ2n) is 7.07. The van der Waals surface area contributed by atoms with Gasteiger partial charge in [-0.3, -0.25) is 14.4 Å². The Bertz CT molecular complexity index is 887. The molecule has 1 N–H and O–H groups in total. The molecule has 0 aromatic heterocycles. The van der Waals surface area contributed by atoms with E-state index in [1.165, 1.54) is 0 Å². The molecule has 1 fully saturated rings.